The van der Waals surface area contributed by atoms with Crippen molar-refractivity contribution in [2.45, 2.75) is 25.8 Å². The van der Waals surface area contributed by atoms with Gasteiger partial charge in [-0.1, -0.05) is 0 Å². The van der Waals surface area contributed by atoms with Gasteiger partial charge >= 0.3 is 0 Å². The molecule has 118 valence electrons. The lowest BCUT2D eigenvalue weighted by atomic mass is 10.3. The van der Waals surface area contributed by atoms with Crippen molar-refractivity contribution >= 4 is 23.4 Å². The Morgan fingerprint density at radius 2 is 2.05 bits per heavy atom. The quantitative estimate of drug-likeness (QED) is 0.783. The van der Waals surface area contributed by atoms with Crippen LogP contribution < -0.4 is 20.7 Å². The lowest BCUT2D eigenvalue weighted by Gasteiger charge is -2.16. The van der Waals surface area contributed by atoms with Crippen molar-refractivity contribution in [3.8, 4) is 5.75 Å². The topological polar surface area (TPSA) is 102 Å². The van der Waals surface area contributed by atoms with Crippen molar-refractivity contribution in [3.05, 3.63) is 24.3 Å². The second-order valence-electron chi connectivity index (χ2n) is 5.12. The zero-order valence-electron chi connectivity index (χ0n) is 12.4. The van der Waals surface area contributed by atoms with Crippen molar-refractivity contribution < 1.29 is 19.1 Å². The van der Waals surface area contributed by atoms with Crippen molar-refractivity contribution in [2.24, 2.45) is 5.73 Å². The molecular weight excluding hydrogens is 286 g/mol. The highest BCUT2D eigenvalue weighted by Crippen LogP contribution is 2.23. The molecule has 7 nitrogen and oxygen atoms in total. The highest BCUT2D eigenvalue weighted by atomic mass is 16.5. The van der Waals surface area contributed by atoms with Gasteiger partial charge in [0.1, 0.15) is 11.8 Å². The van der Waals surface area contributed by atoms with Gasteiger partial charge < -0.3 is 20.7 Å². The first-order valence-corrected chi connectivity index (χ1v) is 7.09. The van der Waals surface area contributed by atoms with Crippen LogP contribution in [0.1, 0.15) is 19.8 Å². The minimum atomic E-state index is -0.736. The number of carbonyl (C=O) groups excluding carboxylic acids is 3. The molecule has 0 aromatic heterocycles. The molecule has 0 radical (unpaired) electrons. The van der Waals surface area contributed by atoms with E-state index in [1.807, 2.05) is 0 Å². The van der Waals surface area contributed by atoms with Crippen LogP contribution in [-0.2, 0) is 14.4 Å². The maximum Gasteiger partial charge on any atom is 0.258 e. The Morgan fingerprint density at radius 1 is 1.36 bits per heavy atom. The molecule has 1 aromatic carbocycles. The Balaban J connectivity index is 1.85. The van der Waals surface area contributed by atoms with Crippen LogP contribution in [0.15, 0.2) is 24.3 Å². The van der Waals surface area contributed by atoms with Crippen LogP contribution in [0.5, 0.6) is 5.75 Å². The molecule has 0 saturated carbocycles. The molecular formula is C15H19N3O4. The molecule has 2 rings (SSSR count). The van der Waals surface area contributed by atoms with Gasteiger partial charge in [-0.25, -0.2) is 0 Å². The Hall–Kier alpha value is -2.57. The van der Waals surface area contributed by atoms with Crippen LogP contribution in [0.25, 0.3) is 0 Å². The van der Waals surface area contributed by atoms with E-state index in [1.165, 1.54) is 6.92 Å². The molecule has 1 atom stereocenters. The second-order valence-corrected chi connectivity index (χ2v) is 5.12. The molecule has 0 spiro atoms. The van der Waals surface area contributed by atoms with Crippen molar-refractivity contribution in [1.82, 2.24) is 5.32 Å². The van der Waals surface area contributed by atoms with Crippen molar-refractivity contribution in [2.75, 3.05) is 18.1 Å². The summed E-state index contributed by atoms with van der Waals surface area (Å²) in [6, 6.07) is 6.22. The number of nitrogens with two attached hydrogens (primary N) is 1. The van der Waals surface area contributed by atoms with Gasteiger partial charge in [0.05, 0.1) is 0 Å². The van der Waals surface area contributed by atoms with E-state index in [-0.39, 0.29) is 12.5 Å². The van der Waals surface area contributed by atoms with Gasteiger partial charge in [0.25, 0.3) is 5.91 Å². The van der Waals surface area contributed by atoms with E-state index in [4.69, 9.17) is 10.5 Å². The minimum Gasteiger partial charge on any atom is -0.484 e. The van der Waals surface area contributed by atoms with Crippen LogP contribution in [-0.4, -0.2) is 36.9 Å². The number of primary amides is 1. The summed E-state index contributed by atoms with van der Waals surface area (Å²) in [7, 11) is 0. The lowest BCUT2D eigenvalue weighted by molar-refractivity contribution is -0.128. The highest BCUT2D eigenvalue weighted by molar-refractivity contribution is 5.95. The first kappa shape index (κ1) is 15.8. The summed E-state index contributed by atoms with van der Waals surface area (Å²) in [4.78, 5) is 35.8. The van der Waals surface area contributed by atoms with E-state index in [9.17, 15) is 14.4 Å². The van der Waals surface area contributed by atoms with E-state index in [2.05, 4.69) is 5.32 Å². The number of benzene rings is 1. The monoisotopic (exact) mass is 305 g/mol. The van der Waals surface area contributed by atoms with Gasteiger partial charge in [0.15, 0.2) is 6.61 Å². The van der Waals surface area contributed by atoms with Gasteiger partial charge in [0, 0.05) is 18.7 Å². The van der Waals surface area contributed by atoms with Gasteiger partial charge in [-0.2, -0.15) is 0 Å². The number of hydrogen-bond acceptors (Lipinski definition) is 4. The molecule has 0 aliphatic carbocycles. The number of hydrogen-bond donors (Lipinski definition) is 2. The predicted octanol–water partition coefficient (Wildman–Crippen LogP) is 0.182. The number of nitrogens with one attached hydrogen (secondary N) is 1. The fraction of sp³-hybridized carbons (Fsp3) is 0.400. The molecule has 7 heteroatoms. The number of anilines is 1. The predicted molar refractivity (Wildman–Crippen MR) is 80.3 cm³/mol. The number of nitrogens with zero attached hydrogens (tertiary/aromatic N) is 1. The van der Waals surface area contributed by atoms with Gasteiger partial charge in [0.2, 0.25) is 11.8 Å². The zero-order chi connectivity index (χ0) is 16.1. The third-order valence-electron chi connectivity index (χ3n) is 3.40. The van der Waals surface area contributed by atoms with Gasteiger partial charge in [-0.05, 0) is 37.6 Å². The van der Waals surface area contributed by atoms with Crippen LogP contribution in [0.2, 0.25) is 0 Å². The van der Waals surface area contributed by atoms with Crippen molar-refractivity contribution in [3.63, 3.8) is 0 Å². The molecule has 1 aliphatic heterocycles. The Kier molecular flexibility index (Phi) is 4.98. The summed E-state index contributed by atoms with van der Waals surface area (Å²) >= 11 is 0. The van der Waals surface area contributed by atoms with Crippen LogP contribution in [0, 0.1) is 0 Å². The number of ether oxygens (including phenoxy) is 1. The van der Waals surface area contributed by atoms with Crippen LogP contribution in [0.3, 0.4) is 0 Å². The fourth-order valence-electron chi connectivity index (χ4n) is 2.15. The molecule has 1 fully saturated rings. The molecule has 1 aromatic rings. The zero-order valence-corrected chi connectivity index (χ0v) is 12.4. The highest BCUT2D eigenvalue weighted by Gasteiger charge is 2.21. The SMILES string of the molecule is C[C@@H](NC(=O)COc1ccc(N2CCCC2=O)cc1)C(N)=O. The summed E-state index contributed by atoms with van der Waals surface area (Å²) in [6.07, 6.45) is 1.45. The smallest absolute Gasteiger partial charge is 0.258 e. The standard InChI is InChI=1S/C15H19N3O4/c1-10(15(16)21)17-13(19)9-22-12-6-4-11(5-7-12)18-8-2-3-14(18)20/h4-7,10H,2-3,8-9H2,1H3,(H2,16,21)(H,17,19)/t10-/m1/s1. The summed E-state index contributed by atoms with van der Waals surface area (Å²) in [5, 5.41) is 2.42. The van der Waals surface area contributed by atoms with Crippen molar-refractivity contribution in [1.29, 1.82) is 0 Å². The molecule has 3 amide bonds. The largest absolute Gasteiger partial charge is 0.484 e. The number of carbonyl (C=O) groups is 3. The molecule has 3 N–H and O–H groups in total. The molecule has 22 heavy (non-hydrogen) atoms. The Morgan fingerprint density at radius 3 is 2.59 bits per heavy atom. The Bertz CT molecular complexity index is 571. The fourth-order valence-corrected chi connectivity index (χ4v) is 2.15. The van der Waals surface area contributed by atoms with Gasteiger partial charge in [-0.3, -0.25) is 14.4 Å². The first-order valence-electron chi connectivity index (χ1n) is 7.09. The normalized spacial score (nSPS) is 15.5. The number of rotatable bonds is 6. The summed E-state index contributed by atoms with van der Waals surface area (Å²) in [6.45, 7) is 2.02. The Labute approximate surface area is 128 Å². The third kappa shape index (κ3) is 3.97. The summed E-state index contributed by atoms with van der Waals surface area (Å²) < 4.78 is 5.33. The lowest BCUT2D eigenvalue weighted by Crippen LogP contribution is -2.44. The number of amides is 3. The molecule has 1 saturated heterocycles. The van der Waals surface area contributed by atoms with E-state index in [0.29, 0.717) is 12.2 Å². The van der Waals surface area contributed by atoms with Crippen LogP contribution in [0.4, 0.5) is 5.69 Å². The van der Waals surface area contributed by atoms with Gasteiger partial charge in [-0.15, -0.1) is 0 Å². The maximum absolute atomic E-state index is 11.6. The van der Waals surface area contributed by atoms with E-state index in [1.54, 1.807) is 29.2 Å². The second kappa shape index (κ2) is 6.93. The van der Waals surface area contributed by atoms with E-state index in [0.717, 1.165) is 18.7 Å². The summed E-state index contributed by atoms with van der Waals surface area (Å²) in [5.74, 6) is -0.399. The average molecular weight is 305 g/mol. The molecule has 0 bridgehead atoms. The third-order valence-corrected chi connectivity index (χ3v) is 3.40. The molecule has 1 heterocycles. The average Bonchev–Trinajstić information content (AvgIpc) is 2.91. The van der Waals surface area contributed by atoms with Crippen LogP contribution >= 0.6 is 0 Å². The molecule has 0 unspecified atom stereocenters. The molecule has 1 aliphatic rings. The van der Waals surface area contributed by atoms with E-state index >= 15 is 0 Å². The maximum atomic E-state index is 11.6. The summed E-state index contributed by atoms with van der Waals surface area (Å²) in [5.41, 5.74) is 5.87. The minimum absolute atomic E-state index is 0.119. The first-order chi connectivity index (χ1) is 10.5. The van der Waals surface area contributed by atoms with E-state index < -0.39 is 17.9 Å².